The Kier molecular flexibility index (Phi) is 3.63. The topological polar surface area (TPSA) is 47.3 Å². The van der Waals surface area contributed by atoms with Crippen LogP contribution in [0.25, 0.3) is 0 Å². The fraction of sp³-hybridized carbons (Fsp3) is 0.143. The summed E-state index contributed by atoms with van der Waals surface area (Å²) in [7, 11) is 1.64. The van der Waals surface area contributed by atoms with Crippen LogP contribution in [0.4, 0.5) is 17.1 Å². The van der Waals surface area contributed by atoms with Crippen molar-refractivity contribution in [2.24, 2.45) is 0 Å². The molecule has 0 atom stereocenters. The minimum Gasteiger partial charge on any atom is -0.495 e. The first kappa shape index (κ1) is 12.6. The molecule has 18 heavy (non-hydrogen) atoms. The molecule has 0 heterocycles. The van der Waals surface area contributed by atoms with E-state index in [9.17, 15) is 0 Å². The number of benzene rings is 2. The van der Waals surface area contributed by atoms with Gasteiger partial charge in [0.2, 0.25) is 0 Å². The lowest BCUT2D eigenvalue weighted by Gasteiger charge is -2.13. The van der Waals surface area contributed by atoms with Gasteiger partial charge in [0.25, 0.3) is 0 Å². The first-order chi connectivity index (χ1) is 8.60. The summed E-state index contributed by atoms with van der Waals surface area (Å²) in [6.45, 7) is 2.02. The third kappa shape index (κ3) is 2.68. The summed E-state index contributed by atoms with van der Waals surface area (Å²) in [6.07, 6.45) is 0. The number of aryl methyl sites for hydroxylation is 1. The smallest absolute Gasteiger partial charge is 0.142 e. The summed E-state index contributed by atoms with van der Waals surface area (Å²) < 4.78 is 5.31. The summed E-state index contributed by atoms with van der Waals surface area (Å²) in [5.41, 5.74) is 9.13. The second-order valence-electron chi connectivity index (χ2n) is 4.07. The molecule has 3 nitrogen and oxygen atoms in total. The first-order valence-electron chi connectivity index (χ1n) is 5.57. The van der Waals surface area contributed by atoms with Crippen molar-refractivity contribution in [2.75, 3.05) is 18.2 Å². The Morgan fingerprint density at radius 3 is 2.56 bits per heavy atom. The van der Waals surface area contributed by atoms with Crippen LogP contribution < -0.4 is 15.8 Å². The maximum atomic E-state index is 6.13. The highest BCUT2D eigenvalue weighted by molar-refractivity contribution is 6.33. The third-order valence-electron chi connectivity index (χ3n) is 2.62. The highest BCUT2D eigenvalue weighted by atomic mass is 35.5. The zero-order chi connectivity index (χ0) is 13.1. The molecule has 0 fully saturated rings. The van der Waals surface area contributed by atoms with Gasteiger partial charge < -0.3 is 15.8 Å². The van der Waals surface area contributed by atoms with Gasteiger partial charge in [-0.2, -0.15) is 0 Å². The highest BCUT2D eigenvalue weighted by Crippen LogP contribution is 2.32. The van der Waals surface area contributed by atoms with Gasteiger partial charge in [-0.1, -0.05) is 17.7 Å². The Balaban J connectivity index is 2.36. The normalized spacial score (nSPS) is 10.2. The van der Waals surface area contributed by atoms with E-state index in [1.807, 2.05) is 31.2 Å². The average molecular weight is 263 g/mol. The Bertz CT molecular complexity index is 570. The molecule has 2 aromatic rings. The second kappa shape index (κ2) is 5.19. The Morgan fingerprint density at radius 2 is 1.89 bits per heavy atom. The summed E-state index contributed by atoms with van der Waals surface area (Å²) >= 11 is 6.13. The number of nitrogens with one attached hydrogen (secondary N) is 1. The molecule has 0 aliphatic heterocycles. The van der Waals surface area contributed by atoms with Crippen molar-refractivity contribution >= 4 is 28.7 Å². The van der Waals surface area contributed by atoms with E-state index in [0.717, 1.165) is 22.7 Å². The number of rotatable bonds is 3. The number of hydrogen-bond acceptors (Lipinski definition) is 3. The molecular formula is C14H15ClN2O. The van der Waals surface area contributed by atoms with Gasteiger partial charge in [-0.15, -0.1) is 0 Å². The van der Waals surface area contributed by atoms with Crippen LogP contribution in [0.2, 0.25) is 5.02 Å². The van der Waals surface area contributed by atoms with E-state index in [1.54, 1.807) is 19.2 Å². The van der Waals surface area contributed by atoms with Gasteiger partial charge in [-0.3, -0.25) is 0 Å². The predicted molar refractivity (Wildman–Crippen MR) is 76.9 cm³/mol. The molecule has 0 saturated carbocycles. The molecule has 0 unspecified atom stereocenters. The van der Waals surface area contributed by atoms with Crippen LogP contribution in [-0.2, 0) is 0 Å². The number of ether oxygens (including phenoxy) is 1. The zero-order valence-corrected chi connectivity index (χ0v) is 11.1. The van der Waals surface area contributed by atoms with Crippen LogP contribution >= 0.6 is 11.6 Å². The van der Waals surface area contributed by atoms with Crippen LogP contribution in [-0.4, -0.2) is 7.11 Å². The number of methoxy groups -OCH3 is 1. The molecule has 2 rings (SSSR count). The second-order valence-corrected chi connectivity index (χ2v) is 4.48. The Morgan fingerprint density at radius 1 is 1.11 bits per heavy atom. The first-order valence-corrected chi connectivity index (χ1v) is 5.94. The number of halogens is 1. The maximum absolute atomic E-state index is 6.13. The SMILES string of the molecule is COc1ccc(C)cc1Nc1ccc(N)cc1Cl. The van der Waals surface area contributed by atoms with Crippen LogP contribution in [0.15, 0.2) is 36.4 Å². The summed E-state index contributed by atoms with van der Waals surface area (Å²) in [6, 6.07) is 11.3. The molecule has 0 spiro atoms. The molecule has 4 heteroatoms. The van der Waals surface area contributed by atoms with Gasteiger partial charge >= 0.3 is 0 Å². The summed E-state index contributed by atoms with van der Waals surface area (Å²) in [4.78, 5) is 0. The number of anilines is 3. The summed E-state index contributed by atoms with van der Waals surface area (Å²) in [5, 5.41) is 3.83. The molecule has 94 valence electrons. The molecule has 0 aliphatic rings. The zero-order valence-electron chi connectivity index (χ0n) is 10.3. The minimum absolute atomic E-state index is 0.582. The van der Waals surface area contributed by atoms with Crippen LogP contribution in [0.3, 0.4) is 0 Å². The minimum atomic E-state index is 0.582. The molecular weight excluding hydrogens is 248 g/mol. The summed E-state index contributed by atoms with van der Waals surface area (Å²) in [5.74, 6) is 0.772. The molecule has 2 aromatic carbocycles. The van der Waals surface area contributed by atoms with Crippen molar-refractivity contribution in [1.82, 2.24) is 0 Å². The largest absolute Gasteiger partial charge is 0.495 e. The fourth-order valence-electron chi connectivity index (χ4n) is 1.70. The molecule has 3 N–H and O–H groups in total. The molecule has 0 aliphatic carbocycles. The lowest BCUT2D eigenvalue weighted by atomic mass is 10.2. The van der Waals surface area contributed by atoms with E-state index in [2.05, 4.69) is 5.32 Å². The Labute approximate surface area is 112 Å². The van der Waals surface area contributed by atoms with Crippen LogP contribution in [0.5, 0.6) is 5.75 Å². The van der Waals surface area contributed by atoms with Gasteiger partial charge in [0.15, 0.2) is 0 Å². The number of nitrogens with two attached hydrogens (primary N) is 1. The third-order valence-corrected chi connectivity index (χ3v) is 2.93. The van der Waals surface area contributed by atoms with E-state index < -0.39 is 0 Å². The lowest BCUT2D eigenvalue weighted by Crippen LogP contribution is -1.96. The van der Waals surface area contributed by atoms with Crippen LogP contribution in [0.1, 0.15) is 5.56 Å². The maximum Gasteiger partial charge on any atom is 0.142 e. The van der Waals surface area contributed by atoms with Gasteiger partial charge in [0.1, 0.15) is 5.75 Å². The number of nitrogen functional groups attached to an aromatic ring is 1. The van der Waals surface area contributed by atoms with Crippen molar-refractivity contribution < 1.29 is 4.74 Å². The van der Waals surface area contributed by atoms with E-state index in [4.69, 9.17) is 22.1 Å². The monoisotopic (exact) mass is 262 g/mol. The lowest BCUT2D eigenvalue weighted by molar-refractivity contribution is 0.416. The molecule has 0 amide bonds. The standard InChI is InChI=1S/C14H15ClN2O/c1-9-3-6-14(18-2)13(7-9)17-12-5-4-10(16)8-11(12)15/h3-8,17H,16H2,1-2H3. The van der Waals surface area contributed by atoms with E-state index in [1.165, 1.54) is 0 Å². The van der Waals surface area contributed by atoms with Gasteiger partial charge in [-0.05, 0) is 42.8 Å². The Hall–Kier alpha value is -1.87. The highest BCUT2D eigenvalue weighted by Gasteiger charge is 2.06. The molecule has 0 saturated heterocycles. The van der Waals surface area contributed by atoms with Crippen LogP contribution in [0, 0.1) is 6.92 Å². The van der Waals surface area contributed by atoms with Crippen molar-refractivity contribution in [3.63, 3.8) is 0 Å². The fourth-order valence-corrected chi connectivity index (χ4v) is 1.93. The van der Waals surface area contributed by atoms with Gasteiger partial charge in [0.05, 0.1) is 23.5 Å². The predicted octanol–water partition coefficient (Wildman–Crippen LogP) is 3.98. The van der Waals surface area contributed by atoms with Gasteiger partial charge in [-0.25, -0.2) is 0 Å². The van der Waals surface area contributed by atoms with Crippen molar-refractivity contribution in [3.05, 3.63) is 47.0 Å². The number of hydrogen-bond donors (Lipinski definition) is 2. The molecule has 0 aromatic heterocycles. The molecule has 0 bridgehead atoms. The quantitative estimate of drug-likeness (QED) is 0.823. The average Bonchev–Trinajstić information content (AvgIpc) is 2.33. The molecule has 0 radical (unpaired) electrons. The van der Waals surface area contributed by atoms with Crippen molar-refractivity contribution in [2.45, 2.75) is 6.92 Å². The van der Waals surface area contributed by atoms with E-state index in [0.29, 0.717) is 10.7 Å². The van der Waals surface area contributed by atoms with E-state index >= 15 is 0 Å². The van der Waals surface area contributed by atoms with Crippen molar-refractivity contribution in [1.29, 1.82) is 0 Å². The van der Waals surface area contributed by atoms with Gasteiger partial charge in [0, 0.05) is 5.69 Å². The van der Waals surface area contributed by atoms with E-state index in [-0.39, 0.29) is 0 Å². The van der Waals surface area contributed by atoms with Crippen molar-refractivity contribution in [3.8, 4) is 5.75 Å².